The van der Waals surface area contributed by atoms with Crippen molar-refractivity contribution in [3.8, 4) is 0 Å². The Kier molecular flexibility index (Phi) is 3.72. The lowest BCUT2D eigenvalue weighted by Gasteiger charge is -2.26. The van der Waals surface area contributed by atoms with E-state index in [-0.39, 0.29) is 0 Å². The molecule has 2 saturated heterocycles. The first-order chi connectivity index (χ1) is 8.45. The van der Waals surface area contributed by atoms with E-state index in [1.807, 2.05) is 0 Å². The molecule has 3 rings (SSSR count). The Balaban J connectivity index is 1.86. The lowest BCUT2D eigenvalue weighted by molar-refractivity contribution is 0.593. The molecule has 1 N–H and O–H groups in total. The second kappa shape index (κ2) is 5.45. The number of benzene rings is 1. The Labute approximate surface area is 108 Å². The van der Waals surface area contributed by atoms with E-state index in [4.69, 9.17) is 0 Å². The monoisotopic (exact) mass is 247 g/mol. The molecule has 2 fully saturated rings. The third-order valence-corrected chi connectivity index (χ3v) is 5.14. The number of rotatable bonds is 2. The van der Waals surface area contributed by atoms with Gasteiger partial charge in [-0.1, -0.05) is 24.3 Å². The van der Waals surface area contributed by atoms with Crippen LogP contribution < -0.4 is 5.32 Å². The molecule has 2 heteroatoms. The summed E-state index contributed by atoms with van der Waals surface area (Å²) in [5, 5.41) is 3.65. The Morgan fingerprint density at radius 3 is 2.47 bits per heavy atom. The molecule has 2 heterocycles. The highest BCUT2D eigenvalue weighted by molar-refractivity contribution is 7.99. The van der Waals surface area contributed by atoms with Crippen LogP contribution in [0.1, 0.15) is 48.8 Å². The zero-order chi connectivity index (χ0) is 11.5. The summed E-state index contributed by atoms with van der Waals surface area (Å²) in [4.78, 5) is 0. The molecule has 0 aliphatic carbocycles. The zero-order valence-electron chi connectivity index (χ0n) is 10.3. The number of nitrogens with one attached hydrogen (secondary N) is 1. The van der Waals surface area contributed by atoms with E-state index < -0.39 is 0 Å². The van der Waals surface area contributed by atoms with Gasteiger partial charge in [0.05, 0.1) is 0 Å². The summed E-state index contributed by atoms with van der Waals surface area (Å²) in [6.45, 7) is 1.19. The van der Waals surface area contributed by atoms with Crippen molar-refractivity contribution in [2.24, 2.45) is 0 Å². The molecule has 1 aromatic carbocycles. The van der Waals surface area contributed by atoms with Crippen molar-refractivity contribution in [2.45, 2.75) is 37.6 Å². The van der Waals surface area contributed by atoms with Crippen molar-refractivity contribution in [1.82, 2.24) is 5.32 Å². The second-order valence-corrected chi connectivity index (χ2v) is 6.39. The van der Waals surface area contributed by atoms with E-state index in [9.17, 15) is 0 Å². The van der Waals surface area contributed by atoms with E-state index in [1.54, 1.807) is 11.1 Å². The summed E-state index contributed by atoms with van der Waals surface area (Å²) in [5.41, 5.74) is 3.22. The molecule has 0 radical (unpaired) electrons. The van der Waals surface area contributed by atoms with Gasteiger partial charge in [-0.2, -0.15) is 11.8 Å². The maximum absolute atomic E-state index is 3.65. The fourth-order valence-corrected chi connectivity index (χ4v) is 4.27. The Bertz CT molecular complexity index is 365. The van der Waals surface area contributed by atoms with E-state index in [0.29, 0.717) is 6.04 Å². The highest BCUT2D eigenvalue weighted by atomic mass is 32.2. The lowest BCUT2D eigenvalue weighted by Crippen LogP contribution is -2.17. The maximum Gasteiger partial charge on any atom is 0.0323 e. The van der Waals surface area contributed by atoms with Gasteiger partial charge in [-0.3, -0.25) is 0 Å². The van der Waals surface area contributed by atoms with Crippen molar-refractivity contribution in [2.75, 3.05) is 18.1 Å². The minimum Gasteiger partial charge on any atom is -0.310 e. The molecule has 1 nitrogen and oxygen atoms in total. The molecule has 0 aromatic heterocycles. The zero-order valence-corrected chi connectivity index (χ0v) is 11.1. The number of thioether (sulfide) groups is 1. The van der Waals surface area contributed by atoms with Gasteiger partial charge in [0, 0.05) is 6.04 Å². The van der Waals surface area contributed by atoms with Crippen LogP contribution in [0.25, 0.3) is 0 Å². The van der Waals surface area contributed by atoms with Gasteiger partial charge in [0.1, 0.15) is 0 Å². The molecule has 0 spiro atoms. The molecule has 1 unspecified atom stereocenters. The summed E-state index contributed by atoms with van der Waals surface area (Å²) < 4.78 is 0. The van der Waals surface area contributed by atoms with E-state index in [1.165, 1.54) is 43.7 Å². The fourth-order valence-electron chi connectivity index (χ4n) is 3.16. The molecule has 0 saturated carbocycles. The topological polar surface area (TPSA) is 12.0 Å². The molecule has 92 valence electrons. The van der Waals surface area contributed by atoms with Gasteiger partial charge >= 0.3 is 0 Å². The van der Waals surface area contributed by atoms with Crippen LogP contribution in [-0.4, -0.2) is 18.1 Å². The largest absolute Gasteiger partial charge is 0.310 e. The SMILES string of the molecule is c1ccc(C2CCCN2)c(C2CCSCC2)c1. The summed E-state index contributed by atoms with van der Waals surface area (Å²) in [7, 11) is 0. The number of hydrogen-bond donors (Lipinski definition) is 1. The Morgan fingerprint density at radius 1 is 1.00 bits per heavy atom. The van der Waals surface area contributed by atoms with Crippen molar-refractivity contribution < 1.29 is 0 Å². The molecular weight excluding hydrogens is 226 g/mol. The van der Waals surface area contributed by atoms with Gasteiger partial charge in [-0.15, -0.1) is 0 Å². The maximum atomic E-state index is 3.65. The van der Waals surface area contributed by atoms with Crippen molar-refractivity contribution in [3.63, 3.8) is 0 Å². The standard InChI is InChI=1S/C15H21NS/c1-2-5-14(15-6-3-9-16-15)13(4-1)12-7-10-17-11-8-12/h1-2,4-5,12,15-16H,3,6-11H2. The average molecular weight is 247 g/mol. The third-order valence-electron chi connectivity index (χ3n) is 4.09. The highest BCUT2D eigenvalue weighted by Gasteiger charge is 2.23. The average Bonchev–Trinajstić information content (AvgIpc) is 2.94. The van der Waals surface area contributed by atoms with Crippen LogP contribution in [0.4, 0.5) is 0 Å². The Hall–Kier alpha value is -0.470. The fraction of sp³-hybridized carbons (Fsp3) is 0.600. The predicted molar refractivity (Wildman–Crippen MR) is 75.7 cm³/mol. The summed E-state index contributed by atoms with van der Waals surface area (Å²) in [6, 6.07) is 9.77. The van der Waals surface area contributed by atoms with E-state index >= 15 is 0 Å². The predicted octanol–water partition coefficient (Wildman–Crippen LogP) is 3.72. The molecule has 0 bridgehead atoms. The van der Waals surface area contributed by atoms with Crippen LogP contribution in [0.2, 0.25) is 0 Å². The van der Waals surface area contributed by atoms with Gasteiger partial charge in [0.25, 0.3) is 0 Å². The van der Waals surface area contributed by atoms with Gasteiger partial charge < -0.3 is 5.32 Å². The summed E-state index contributed by atoms with van der Waals surface area (Å²) in [6.07, 6.45) is 5.39. The number of hydrogen-bond acceptors (Lipinski definition) is 2. The van der Waals surface area contributed by atoms with Crippen LogP contribution >= 0.6 is 11.8 Å². The van der Waals surface area contributed by atoms with Gasteiger partial charge in [0.15, 0.2) is 0 Å². The first kappa shape index (κ1) is 11.6. The first-order valence-electron chi connectivity index (χ1n) is 6.85. The van der Waals surface area contributed by atoms with Crippen LogP contribution in [0.15, 0.2) is 24.3 Å². The smallest absolute Gasteiger partial charge is 0.0323 e. The van der Waals surface area contributed by atoms with Gasteiger partial charge in [-0.05, 0) is 60.8 Å². The van der Waals surface area contributed by atoms with Crippen LogP contribution in [-0.2, 0) is 0 Å². The van der Waals surface area contributed by atoms with Crippen molar-refractivity contribution >= 4 is 11.8 Å². The molecular formula is C15H21NS. The van der Waals surface area contributed by atoms with Crippen LogP contribution in [0, 0.1) is 0 Å². The molecule has 2 aliphatic heterocycles. The quantitative estimate of drug-likeness (QED) is 0.855. The normalized spacial score (nSPS) is 26.2. The molecule has 2 aliphatic rings. The molecule has 17 heavy (non-hydrogen) atoms. The van der Waals surface area contributed by atoms with Crippen molar-refractivity contribution in [1.29, 1.82) is 0 Å². The van der Waals surface area contributed by atoms with Crippen molar-refractivity contribution in [3.05, 3.63) is 35.4 Å². The Morgan fingerprint density at radius 2 is 1.76 bits per heavy atom. The molecule has 1 atom stereocenters. The lowest BCUT2D eigenvalue weighted by atomic mass is 9.87. The summed E-state index contributed by atoms with van der Waals surface area (Å²) >= 11 is 2.12. The summed E-state index contributed by atoms with van der Waals surface area (Å²) in [5.74, 6) is 3.50. The van der Waals surface area contributed by atoms with E-state index in [0.717, 1.165) is 5.92 Å². The van der Waals surface area contributed by atoms with Gasteiger partial charge in [0.2, 0.25) is 0 Å². The second-order valence-electron chi connectivity index (χ2n) is 5.16. The first-order valence-corrected chi connectivity index (χ1v) is 8.00. The van der Waals surface area contributed by atoms with Crippen LogP contribution in [0.3, 0.4) is 0 Å². The highest BCUT2D eigenvalue weighted by Crippen LogP contribution is 2.36. The van der Waals surface area contributed by atoms with E-state index in [2.05, 4.69) is 41.3 Å². The minimum atomic E-state index is 0.626. The minimum absolute atomic E-state index is 0.626. The molecule has 1 aromatic rings. The van der Waals surface area contributed by atoms with Crippen LogP contribution in [0.5, 0.6) is 0 Å². The molecule has 0 amide bonds. The third kappa shape index (κ3) is 2.53. The van der Waals surface area contributed by atoms with Gasteiger partial charge in [-0.25, -0.2) is 0 Å².